The van der Waals surface area contributed by atoms with Gasteiger partial charge in [0.15, 0.2) is 0 Å². The monoisotopic (exact) mass is 193 g/mol. The molecule has 3 nitrogen and oxygen atoms in total. The molecule has 0 amide bonds. The number of hydrogen-bond acceptors (Lipinski definition) is 3. The van der Waals surface area contributed by atoms with E-state index in [9.17, 15) is 10.2 Å². The molecule has 2 rings (SSSR count). The number of aliphatic hydroxyl groups excluding tert-OH is 2. The molecule has 0 bridgehead atoms. The summed E-state index contributed by atoms with van der Waals surface area (Å²) in [6, 6.07) is 3.94. The Labute approximate surface area is 83.4 Å². The summed E-state index contributed by atoms with van der Waals surface area (Å²) in [7, 11) is 0. The molecule has 0 radical (unpaired) electrons. The van der Waals surface area contributed by atoms with E-state index in [1.54, 1.807) is 6.20 Å². The fourth-order valence-corrected chi connectivity index (χ4v) is 2.21. The first-order chi connectivity index (χ1) is 6.82. The number of rotatable bonds is 2. The van der Waals surface area contributed by atoms with Crippen molar-refractivity contribution >= 4 is 0 Å². The van der Waals surface area contributed by atoms with Gasteiger partial charge in [-0.2, -0.15) is 0 Å². The molecular formula is C11H15NO2. The van der Waals surface area contributed by atoms with Gasteiger partial charge in [-0.3, -0.25) is 4.98 Å². The van der Waals surface area contributed by atoms with Gasteiger partial charge in [-0.15, -0.1) is 0 Å². The second-order valence-electron chi connectivity index (χ2n) is 3.96. The Kier molecular flexibility index (Phi) is 2.52. The van der Waals surface area contributed by atoms with Gasteiger partial charge in [-0.25, -0.2) is 0 Å². The fraction of sp³-hybridized carbons (Fsp3) is 0.545. The summed E-state index contributed by atoms with van der Waals surface area (Å²) in [6.07, 6.45) is 4.57. The molecule has 0 atom stereocenters. The minimum absolute atomic E-state index is 0.0203. The van der Waals surface area contributed by atoms with Crippen LogP contribution in [0.4, 0.5) is 0 Å². The number of aryl methyl sites for hydroxylation is 1. The van der Waals surface area contributed by atoms with Gasteiger partial charge in [-0.1, -0.05) is 6.07 Å². The summed E-state index contributed by atoms with van der Waals surface area (Å²) in [5, 5.41) is 18.8. The minimum Gasteiger partial charge on any atom is -0.395 e. The zero-order valence-electron chi connectivity index (χ0n) is 8.11. The molecule has 0 unspecified atom stereocenters. The van der Waals surface area contributed by atoms with Gasteiger partial charge in [-0.05, 0) is 30.9 Å². The van der Waals surface area contributed by atoms with Crippen molar-refractivity contribution in [1.29, 1.82) is 0 Å². The van der Waals surface area contributed by atoms with Crippen molar-refractivity contribution < 1.29 is 10.2 Å². The van der Waals surface area contributed by atoms with Crippen molar-refractivity contribution in [2.45, 2.75) is 24.7 Å². The lowest BCUT2D eigenvalue weighted by atomic mass is 9.74. The van der Waals surface area contributed by atoms with Crippen molar-refractivity contribution in [3.63, 3.8) is 0 Å². The summed E-state index contributed by atoms with van der Waals surface area (Å²) in [4.78, 5) is 4.29. The maximum absolute atomic E-state index is 9.39. The number of nitrogens with zero attached hydrogens (tertiary/aromatic N) is 1. The van der Waals surface area contributed by atoms with Crippen LogP contribution in [0, 0.1) is 0 Å². The Morgan fingerprint density at radius 1 is 1.36 bits per heavy atom. The van der Waals surface area contributed by atoms with Crippen molar-refractivity contribution in [3.05, 3.63) is 29.6 Å². The van der Waals surface area contributed by atoms with E-state index >= 15 is 0 Å². The van der Waals surface area contributed by atoms with Gasteiger partial charge in [0.2, 0.25) is 0 Å². The molecule has 3 heteroatoms. The third-order valence-electron chi connectivity index (χ3n) is 3.10. The molecule has 14 heavy (non-hydrogen) atoms. The number of pyridine rings is 1. The van der Waals surface area contributed by atoms with Gasteiger partial charge >= 0.3 is 0 Å². The normalized spacial score (nSPS) is 19.0. The van der Waals surface area contributed by atoms with Crippen LogP contribution in [0.1, 0.15) is 24.1 Å². The highest BCUT2D eigenvalue weighted by molar-refractivity contribution is 5.30. The van der Waals surface area contributed by atoms with E-state index in [4.69, 9.17) is 0 Å². The molecule has 0 saturated carbocycles. The lowest BCUT2D eigenvalue weighted by Gasteiger charge is -2.34. The van der Waals surface area contributed by atoms with Crippen LogP contribution in [0.25, 0.3) is 0 Å². The van der Waals surface area contributed by atoms with Crippen molar-refractivity contribution in [2.24, 2.45) is 0 Å². The highest BCUT2D eigenvalue weighted by atomic mass is 16.3. The minimum atomic E-state index is -0.505. The Hall–Kier alpha value is -0.930. The van der Waals surface area contributed by atoms with E-state index in [2.05, 4.69) is 4.98 Å². The van der Waals surface area contributed by atoms with Gasteiger partial charge in [0.25, 0.3) is 0 Å². The molecule has 1 heterocycles. The van der Waals surface area contributed by atoms with Gasteiger partial charge in [0, 0.05) is 6.20 Å². The molecule has 0 spiro atoms. The van der Waals surface area contributed by atoms with Crippen LogP contribution < -0.4 is 0 Å². The molecular weight excluding hydrogens is 178 g/mol. The Balaban J connectivity index is 2.48. The van der Waals surface area contributed by atoms with Gasteiger partial charge in [0.05, 0.1) is 24.3 Å². The van der Waals surface area contributed by atoms with E-state index in [0.717, 1.165) is 25.0 Å². The molecule has 1 aliphatic rings. The van der Waals surface area contributed by atoms with Crippen LogP contribution in [0.5, 0.6) is 0 Å². The highest BCUT2D eigenvalue weighted by Crippen LogP contribution is 2.34. The van der Waals surface area contributed by atoms with Crippen LogP contribution in [0.15, 0.2) is 18.3 Å². The summed E-state index contributed by atoms with van der Waals surface area (Å²) in [5.74, 6) is 0. The molecule has 1 aromatic heterocycles. The maximum atomic E-state index is 9.39. The van der Waals surface area contributed by atoms with Crippen LogP contribution in [-0.2, 0) is 11.8 Å². The smallest absolute Gasteiger partial charge is 0.0590 e. The standard InChI is InChI=1S/C11H15NO2/c13-7-11(8-14)5-1-3-9-4-2-6-12-10(9)11/h2,4,6,13-14H,1,3,5,7-8H2. The number of aromatic nitrogens is 1. The van der Waals surface area contributed by atoms with Crippen molar-refractivity contribution in [1.82, 2.24) is 4.98 Å². The molecule has 0 aliphatic heterocycles. The first-order valence-corrected chi connectivity index (χ1v) is 4.98. The second kappa shape index (κ2) is 3.67. The predicted molar refractivity (Wildman–Crippen MR) is 53.0 cm³/mol. The summed E-state index contributed by atoms with van der Waals surface area (Å²) in [5.41, 5.74) is 1.55. The Bertz CT molecular complexity index is 321. The van der Waals surface area contributed by atoms with E-state index in [0.29, 0.717) is 0 Å². The SMILES string of the molecule is OCC1(CO)CCCc2cccnc21. The number of fused-ring (bicyclic) bond motifs is 1. The quantitative estimate of drug-likeness (QED) is 0.724. The van der Waals surface area contributed by atoms with Crippen LogP contribution in [-0.4, -0.2) is 28.4 Å². The van der Waals surface area contributed by atoms with Gasteiger partial charge in [0.1, 0.15) is 0 Å². The first-order valence-electron chi connectivity index (χ1n) is 4.98. The average Bonchev–Trinajstić information content (AvgIpc) is 2.28. The third-order valence-corrected chi connectivity index (χ3v) is 3.10. The number of aliphatic hydroxyl groups is 2. The summed E-state index contributed by atoms with van der Waals surface area (Å²) >= 11 is 0. The van der Waals surface area contributed by atoms with Crippen molar-refractivity contribution in [2.75, 3.05) is 13.2 Å². The number of hydrogen-bond donors (Lipinski definition) is 2. The fourth-order valence-electron chi connectivity index (χ4n) is 2.21. The zero-order valence-corrected chi connectivity index (χ0v) is 8.11. The topological polar surface area (TPSA) is 53.4 Å². The van der Waals surface area contributed by atoms with Gasteiger partial charge < -0.3 is 10.2 Å². The molecule has 2 N–H and O–H groups in total. The van der Waals surface area contributed by atoms with E-state index in [-0.39, 0.29) is 13.2 Å². The highest BCUT2D eigenvalue weighted by Gasteiger charge is 2.36. The zero-order chi connectivity index (χ0) is 10.0. The first kappa shape index (κ1) is 9.62. The molecule has 0 aromatic carbocycles. The lowest BCUT2D eigenvalue weighted by Crippen LogP contribution is -2.39. The maximum Gasteiger partial charge on any atom is 0.0590 e. The third kappa shape index (κ3) is 1.33. The predicted octanol–water partition coefficient (Wildman–Crippen LogP) is 0.640. The van der Waals surface area contributed by atoms with E-state index in [1.807, 2.05) is 12.1 Å². The largest absolute Gasteiger partial charge is 0.395 e. The Morgan fingerprint density at radius 3 is 2.86 bits per heavy atom. The summed E-state index contributed by atoms with van der Waals surface area (Å²) in [6.45, 7) is -0.0406. The van der Waals surface area contributed by atoms with Crippen LogP contribution >= 0.6 is 0 Å². The van der Waals surface area contributed by atoms with E-state index < -0.39 is 5.41 Å². The van der Waals surface area contributed by atoms with E-state index in [1.165, 1.54) is 5.56 Å². The molecule has 0 fully saturated rings. The van der Waals surface area contributed by atoms with Crippen molar-refractivity contribution in [3.8, 4) is 0 Å². The lowest BCUT2D eigenvalue weighted by molar-refractivity contribution is 0.0990. The molecule has 76 valence electrons. The summed E-state index contributed by atoms with van der Waals surface area (Å²) < 4.78 is 0. The van der Waals surface area contributed by atoms with Crippen LogP contribution in [0.3, 0.4) is 0 Å². The Morgan fingerprint density at radius 2 is 2.14 bits per heavy atom. The molecule has 0 saturated heterocycles. The molecule has 1 aliphatic carbocycles. The van der Waals surface area contributed by atoms with Crippen LogP contribution in [0.2, 0.25) is 0 Å². The molecule has 1 aromatic rings. The average molecular weight is 193 g/mol. The second-order valence-corrected chi connectivity index (χ2v) is 3.96.